The number of nitriles is 1. The molecule has 0 aromatic carbocycles. The maximum Gasteiger partial charge on any atom is 0.250 e. The van der Waals surface area contributed by atoms with E-state index in [0.717, 1.165) is 37.0 Å². The summed E-state index contributed by atoms with van der Waals surface area (Å²) in [6.45, 7) is 2.63. The fourth-order valence-corrected chi connectivity index (χ4v) is 4.37. The first-order chi connectivity index (χ1) is 8.51. The molecule has 6 heteroatoms. The highest BCUT2D eigenvalue weighted by Gasteiger charge is 2.42. The van der Waals surface area contributed by atoms with E-state index in [9.17, 15) is 8.42 Å². The van der Waals surface area contributed by atoms with Crippen LogP contribution in [0.4, 0.5) is 0 Å². The van der Waals surface area contributed by atoms with E-state index in [0.29, 0.717) is 11.4 Å². The van der Waals surface area contributed by atoms with Gasteiger partial charge < -0.3 is 0 Å². The molecule has 1 saturated carbocycles. The molecule has 2 rings (SSSR count). The maximum atomic E-state index is 12.0. The Morgan fingerprint density at radius 3 is 2.72 bits per heavy atom. The Morgan fingerprint density at radius 2 is 2.22 bits per heavy atom. The van der Waals surface area contributed by atoms with Gasteiger partial charge in [-0.05, 0) is 36.8 Å². The van der Waals surface area contributed by atoms with Crippen LogP contribution in [0.5, 0.6) is 0 Å². The summed E-state index contributed by atoms with van der Waals surface area (Å²) in [7, 11) is -3.44. The molecule has 0 unspecified atom stereocenters. The van der Waals surface area contributed by atoms with Gasteiger partial charge in [0.15, 0.2) is 0 Å². The molecule has 0 saturated heterocycles. The lowest BCUT2D eigenvalue weighted by Gasteiger charge is -2.14. The van der Waals surface area contributed by atoms with E-state index in [1.54, 1.807) is 0 Å². The lowest BCUT2D eigenvalue weighted by atomic mass is 10.0. The Labute approximate surface area is 112 Å². The first-order valence-corrected chi connectivity index (χ1v) is 8.31. The van der Waals surface area contributed by atoms with Crippen LogP contribution in [0.15, 0.2) is 16.3 Å². The van der Waals surface area contributed by atoms with Gasteiger partial charge in [0, 0.05) is 6.54 Å². The fraction of sp³-hybridized carbons (Fsp3) is 0.583. The molecule has 1 heterocycles. The van der Waals surface area contributed by atoms with Crippen molar-refractivity contribution in [3.05, 3.63) is 17.0 Å². The number of rotatable bonds is 6. The lowest BCUT2D eigenvalue weighted by Crippen LogP contribution is -2.29. The molecule has 1 aliphatic rings. The number of hydrogen-bond acceptors (Lipinski definition) is 4. The summed E-state index contributed by atoms with van der Waals surface area (Å²) in [4.78, 5) is 0.421. The van der Waals surface area contributed by atoms with Crippen molar-refractivity contribution >= 4 is 21.4 Å². The van der Waals surface area contributed by atoms with Crippen molar-refractivity contribution in [2.75, 3.05) is 6.54 Å². The van der Waals surface area contributed by atoms with Gasteiger partial charge in [0.1, 0.15) is 15.2 Å². The van der Waals surface area contributed by atoms with Gasteiger partial charge in [-0.15, -0.1) is 11.3 Å². The van der Waals surface area contributed by atoms with E-state index in [4.69, 9.17) is 5.26 Å². The maximum absolute atomic E-state index is 12.0. The van der Waals surface area contributed by atoms with Gasteiger partial charge in [-0.2, -0.15) is 5.26 Å². The van der Waals surface area contributed by atoms with Crippen LogP contribution in [0.2, 0.25) is 0 Å². The topological polar surface area (TPSA) is 70.0 Å². The summed E-state index contributed by atoms with van der Waals surface area (Å²) >= 11 is 1.01. The lowest BCUT2D eigenvalue weighted by molar-refractivity contribution is 0.449. The molecule has 98 valence electrons. The normalized spacial score (nSPS) is 17.3. The van der Waals surface area contributed by atoms with Gasteiger partial charge in [0.25, 0.3) is 0 Å². The van der Waals surface area contributed by atoms with Gasteiger partial charge in [0.2, 0.25) is 10.0 Å². The molecular formula is C12H16N2O2S2. The average Bonchev–Trinajstić information content (AvgIpc) is 2.93. The van der Waals surface area contributed by atoms with Crippen molar-refractivity contribution in [2.45, 2.75) is 36.8 Å². The first kappa shape index (κ1) is 13.5. The molecule has 0 bridgehead atoms. The van der Waals surface area contributed by atoms with Gasteiger partial charge in [0.05, 0.1) is 0 Å². The molecule has 0 aliphatic heterocycles. The van der Waals surface area contributed by atoms with Crippen molar-refractivity contribution in [1.29, 1.82) is 5.26 Å². The molecule has 4 nitrogen and oxygen atoms in total. The molecular weight excluding hydrogens is 268 g/mol. The molecule has 0 amide bonds. The molecule has 1 aromatic rings. The van der Waals surface area contributed by atoms with Crippen molar-refractivity contribution in [3.63, 3.8) is 0 Å². The van der Waals surface area contributed by atoms with E-state index in [1.807, 2.05) is 6.07 Å². The monoisotopic (exact) mass is 284 g/mol. The molecule has 0 radical (unpaired) electrons. The van der Waals surface area contributed by atoms with Gasteiger partial charge in [-0.25, -0.2) is 13.1 Å². The highest BCUT2D eigenvalue weighted by molar-refractivity contribution is 7.91. The minimum Gasteiger partial charge on any atom is -0.210 e. The first-order valence-electron chi connectivity index (χ1n) is 6.01. The van der Waals surface area contributed by atoms with Crippen LogP contribution in [0.1, 0.15) is 37.5 Å². The van der Waals surface area contributed by atoms with Crippen LogP contribution in [-0.2, 0) is 10.0 Å². The summed E-state index contributed by atoms with van der Waals surface area (Å²) in [6.07, 6.45) is 4.37. The molecule has 0 atom stereocenters. The smallest absolute Gasteiger partial charge is 0.210 e. The quantitative estimate of drug-likeness (QED) is 0.872. The summed E-state index contributed by atoms with van der Waals surface area (Å²) < 4.78 is 27.0. The third-order valence-corrected chi connectivity index (χ3v) is 6.21. The third-order valence-electron chi connectivity index (χ3n) is 3.33. The van der Waals surface area contributed by atoms with E-state index in [-0.39, 0.29) is 9.62 Å². The Hall–Kier alpha value is -0.900. The fourth-order valence-electron chi connectivity index (χ4n) is 2.07. The van der Waals surface area contributed by atoms with Crippen molar-refractivity contribution in [2.24, 2.45) is 5.41 Å². The van der Waals surface area contributed by atoms with E-state index >= 15 is 0 Å². The number of thiophene rings is 1. The van der Waals surface area contributed by atoms with Crippen molar-refractivity contribution in [1.82, 2.24) is 4.72 Å². The Balaban J connectivity index is 2.02. The Morgan fingerprint density at radius 1 is 1.50 bits per heavy atom. The van der Waals surface area contributed by atoms with E-state index in [2.05, 4.69) is 11.6 Å². The third kappa shape index (κ3) is 2.91. The predicted molar refractivity (Wildman–Crippen MR) is 70.8 cm³/mol. The van der Waals surface area contributed by atoms with Crippen LogP contribution in [0.3, 0.4) is 0 Å². The standard InChI is InChI=1S/C12H16N2O2S2/c1-2-5-12(6-7-12)9-14-18(15,16)11-4-3-10(8-13)17-11/h3-4,14H,2,5-7,9H2,1H3. The summed E-state index contributed by atoms with van der Waals surface area (Å²) in [6, 6.07) is 4.98. The van der Waals surface area contributed by atoms with Crippen LogP contribution in [-0.4, -0.2) is 15.0 Å². The molecule has 0 spiro atoms. The number of nitrogens with zero attached hydrogens (tertiary/aromatic N) is 1. The highest BCUT2D eigenvalue weighted by atomic mass is 32.2. The Bertz CT molecular complexity index is 565. The zero-order valence-corrected chi connectivity index (χ0v) is 11.9. The van der Waals surface area contributed by atoms with Crippen molar-refractivity contribution < 1.29 is 8.42 Å². The largest absolute Gasteiger partial charge is 0.250 e. The van der Waals surface area contributed by atoms with Gasteiger partial charge in [-0.3, -0.25) is 0 Å². The van der Waals surface area contributed by atoms with E-state index < -0.39 is 10.0 Å². The highest BCUT2D eigenvalue weighted by Crippen LogP contribution is 2.49. The molecule has 1 N–H and O–H groups in total. The molecule has 1 fully saturated rings. The van der Waals surface area contributed by atoms with Crippen LogP contribution in [0.25, 0.3) is 0 Å². The van der Waals surface area contributed by atoms with Crippen molar-refractivity contribution in [3.8, 4) is 6.07 Å². The number of hydrogen-bond donors (Lipinski definition) is 1. The summed E-state index contributed by atoms with van der Waals surface area (Å²) in [5, 5.41) is 8.70. The van der Waals surface area contributed by atoms with Gasteiger partial charge >= 0.3 is 0 Å². The minimum atomic E-state index is -3.44. The number of sulfonamides is 1. The van der Waals surface area contributed by atoms with Gasteiger partial charge in [-0.1, -0.05) is 13.3 Å². The predicted octanol–water partition coefficient (Wildman–Crippen LogP) is 2.48. The number of nitrogens with one attached hydrogen (secondary N) is 1. The second-order valence-corrected chi connectivity index (χ2v) is 7.88. The molecule has 1 aromatic heterocycles. The summed E-state index contributed by atoms with van der Waals surface area (Å²) in [5.41, 5.74) is 0.192. The van der Waals surface area contributed by atoms with Crippen LogP contribution in [0, 0.1) is 16.7 Å². The zero-order chi connectivity index (χ0) is 13.2. The Kier molecular flexibility index (Phi) is 3.76. The SMILES string of the molecule is CCCC1(CNS(=O)(=O)c2ccc(C#N)s2)CC1. The van der Waals surface area contributed by atoms with Crippen LogP contribution < -0.4 is 4.72 Å². The summed E-state index contributed by atoms with van der Waals surface area (Å²) in [5.74, 6) is 0. The zero-order valence-electron chi connectivity index (χ0n) is 10.3. The molecule has 18 heavy (non-hydrogen) atoms. The van der Waals surface area contributed by atoms with E-state index in [1.165, 1.54) is 12.1 Å². The molecule has 1 aliphatic carbocycles. The van der Waals surface area contributed by atoms with Crippen LogP contribution >= 0.6 is 11.3 Å². The average molecular weight is 284 g/mol. The second-order valence-electron chi connectivity index (χ2n) is 4.81. The second kappa shape index (κ2) is 5.00. The minimum absolute atomic E-state index is 0.192.